The van der Waals surface area contributed by atoms with Gasteiger partial charge in [0.1, 0.15) is 6.10 Å². The molecule has 1 heterocycles. The van der Waals surface area contributed by atoms with Gasteiger partial charge in [0.15, 0.2) is 0 Å². The predicted molar refractivity (Wildman–Crippen MR) is 95.3 cm³/mol. The molecule has 1 atom stereocenters. The molecule has 10 heteroatoms. The van der Waals surface area contributed by atoms with Crippen molar-refractivity contribution >= 4 is 24.1 Å². The van der Waals surface area contributed by atoms with Gasteiger partial charge in [0.05, 0.1) is 18.9 Å². The summed E-state index contributed by atoms with van der Waals surface area (Å²) in [6.45, 7) is 7.22. The highest BCUT2D eigenvalue weighted by molar-refractivity contribution is 5.92. The first-order valence-electron chi connectivity index (χ1n) is 8.83. The van der Waals surface area contributed by atoms with Gasteiger partial charge in [-0.15, -0.1) is 0 Å². The molecule has 0 spiro atoms. The summed E-state index contributed by atoms with van der Waals surface area (Å²) in [4.78, 5) is 49.3. The van der Waals surface area contributed by atoms with Crippen LogP contribution in [0.1, 0.15) is 40.0 Å². The summed E-state index contributed by atoms with van der Waals surface area (Å²) in [5, 5.41) is 0. The number of allylic oxidation sites excluding steroid dienone is 2. The minimum Gasteiger partial charge on any atom is -0.442 e. The molecular weight excluding hydrogens is 375 g/mol. The Morgan fingerprint density at radius 1 is 1.36 bits per heavy atom. The average Bonchev–Trinajstić information content (AvgIpc) is 2.99. The van der Waals surface area contributed by atoms with E-state index in [1.165, 1.54) is 6.92 Å². The lowest BCUT2D eigenvalue weighted by molar-refractivity contribution is -0.152. The lowest BCUT2D eigenvalue weighted by atomic mass is 10.3. The highest BCUT2D eigenvalue weighted by Crippen LogP contribution is 2.19. The topological polar surface area (TPSA) is 102 Å². The number of carbonyl (C=O) groups is 4. The third kappa shape index (κ3) is 7.01. The lowest BCUT2D eigenvalue weighted by Gasteiger charge is -2.22. The Bertz CT molecular complexity index is 658. The Morgan fingerprint density at radius 2 is 2.04 bits per heavy atom. The highest BCUT2D eigenvalue weighted by Gasteiger charge is 2.36. The van der Waals surface area contributed by atoms with Crippen LogP contribution in [-0.4, -0.2) is 59.8 Å². The van der Waals surface area contributed by atoms with Gasteiger partial charge in [-0.2, -0.15) is 0 Å². The Morgan fingerprint density at radius 3 is 2.61 bits per heavy atom. The van der Waals surface area contributed by atoms with Crippen molar-refractivity contribution in [3.8, 4) is 0 Å². The Balaban J connectivity index is 2.69. The number of imide groups is 1. The van der Waals surface area contributed by atoms with Gasteiger partial charge in [-0.05, 0) is 19.4 Å². The van der Waals surface area contributed by atoms with E-state index in [1.54, 1.807) is 13.8 Å². The van der Waals surface area contributed by atoms with Gasteiger partial charge in [-0.1, -0.05) is 20.4 Å². The zero-order valence-electron chi connectivity index (χ0n) is 16.2. The fraction of sp³-hybridized carbons (Fsp3) is 0.556. The SMILES string of the molecule is C=C(/C=C(\C)F)N1CC(CN(C(=O)CC)C(=O)OCOC(=O)CCC)OC1=O. The number of esters is 1. The summed E-state index contributed by atoms with van der Waals surface area (Å²) in [5.41, 5.74) is 0.0891. The number of amides is 3. The van der Waals surface area contributed by atoms with Crippen molar-refractivity contribution < 1.29 is 37.8 Å². The lowest BCUT2D eigenvalue weighted by Crippen LogP contribution is -2.43. The largest absolute Gasteiger partial charge is 0.442 e. The summed E-state index contributed by atoms with van der Waals surface area (Å²) in [5.74, 6) is -1.62. The highest BCUT2D eigenvalue weighted by atomic mass is 19.1. The van der Waals surface area contributed by atoms with Crippen molar-refractivity contribution in [1.29, 1.82) is 0 Å². The summed E-state index contributed by atoms with van der Waals surface area (Å²) in [7, 11) is 0. The number of carbonyl (C=O) groups excluding carboxylic acids is 4. The number of hydrogen-bond donors (Lipinski definition) is 0. The monoisotopic (exact) mass is 400 g/mol. The summed E-state index contributed by atoms with van der Waals surface area (Å²) >= 11 is 0. The molecule has 1 aliphatic heterocycles. The maximum atomic E-state index is 13.0. The number of cyclic esters (lactones) is 1. The molecule has 3 amide bonds. The van der Waals surface area contributed by atoms with E-state index in [1.807, 2.05) is 0 Å². The van der Waals surface area contributed by atoms with Crippen LogP contribution in [0.3, 0.4) is 0 Å². The first-order chi connectivity index (χ1) is 13.2. The van der Waals surface area contributed by atoms with Crippen molar-refractivity contribution in [2.45, 2.75) is 46.1 Å². The third-order valence-corrected chi connectivity index (χ3v) is 3.65. The molecule has 1 rings (SSSR count). The molecule has 0 aliphatic carbocycles. The van der Waals surface area contributed by atoms with Crippen molar-refractivity contribution in [3.05, 3.63) is 24.2 Å². The van der Waals surface area contributed by atoms with E-state index < -0.39 is 42.8 Å². The number of rotatable bonds is 9. The fourth-order valence-corrected chi connectivity index (χ4v) is 2.33. The van der Waals surface area contributed by atoms with Crippen LogP contribution in [0, 0.1) is 0 Å². The van der Waals surface area contributed by atoms with Crippen LogP contribution in [-0.2, 0) is 23.8 Å². The van der Waals surface area contributed by atoms with Gasteiger partial charge in [0, 0.05) is 18.5 Å². The van der Waals surface area contributed by atoms with Crippen LogP contribution in [0.15, 0.2) is 24.2 Å². The first-order valence-corrected chi connectivity index (χ1v) is 8.83. The number of ether oxygens (including phenoxy) is 3. The minimum atomic E-state index is -1.02. The smallest absolute Gasteiger partial charge is 0.419 e. The molecule has 0 saturated carbocycles. The van der Waals surface area contributed by atoms with E-state index in [0.717, 1.165) is 15.9 Å². The maximum Gasteiger partial charge on any atom is 0.419 e. The third-order valence-electron chi connectivity index (χ3n) is 3.65. The van der Waals surface area contributed by atoms with Gasteiger partial charge in [-0.25, -0.2) is 18.9 Å². The molecule has 28 heavy (non-hydrogen) atoms. The molecule has 1 fully saturated rings. The molecule has 156 valence electrons. The molecule has 0 aromatic rings. The molecule has 1 aliphatic rings. The quantitative estimate of drug-likeness (QED) is 0.333. The van der Waals surface area contributed by atoms with E-state index in [9.17, 15) is 23.6 Å². The van der Waals surface area contributed by atoms with Crippen LogP contribution in [0.5, 0.6) is 0 Å². The Hall–Kier alpha value is -2.91. The Kier molecular flexibility index (Phi) is 9.13. The average molecular weight is 400 g/mol. The molecule has 0 radical (unpaired) electrons. The van der Waals surface area contributed by atoms with E-state index in [0.29, 0.717) is 6.42 Å². The molecule has 0 N–H and O–H groups in total. The molecule has 1 saturated heterocycles. The second-order valence-electron chi connectivity index (χ2n) is 5.99. The standard InChI is InChI=1S/C18H25FN2O7/c1-5-7-16(23)26-11-27-17(24)21(15(22)6-2)10-14-9-20(18(25)28-14)13(4)8-12(3)19/h8,14H,4-7,9-11H2,1-3H3/b12-8+. The molecule has 9 nitrogen and oxygen atoms in total. The van der Waals surface area contributed by atoms with Crippen LogP contribution in [0.2, 0.25) is 0 Å². The maximum absolute atomic E-state index is 13.0. The fourth-order valence-electron chi connectivity index (χ4n) is 2.33. The van der Waals surface area contributed by atoms with Crippen molar-refractivity contribution in [2.24, 2.45) is 0 Å². The van der Waals surface area contributed by atoms with Gasteiger partial charge >= 0.3 is 18.2 Å². The van der Waals surface area contributed by atoms with Crippen LogP contribution >= 0.6 is 0 Å². The summed E-state index contributed by atoms with van der Waals surface area (Å²) in [6.07, 6.45) is -0.798. The number of halogens is 1. The van der Waals surface area contributed by atoms with Gasteiger partial charge < -0.3 is 14.2 Å². The van der Waals surface area contributed by atoms with Crippen LogP contribution in [0.4, 0.5) is 14.0 Å². The second kappa shape index (κ2) is 11.1. The van der Waals surface area contributed by atoms with Crippen LogP contribution < -0.4 is 0 Å². The summed E-state index contributed by atoms with van der Waals surface area (Å²) in [6, 6.07) is 0. The number of nitrogens with zero attached hydrogens (tertiary/aromatic N) is 2. The molecule has 0 aromatic carbocycles. The molecule has 0 aromatic heterocycles. The minimum absolute atomic E-state index is 0.00555. The van der Waals surface area contributed by atoms with Gasteiger partial charge in [0.25, 0.3) is 0 Å². The first kappa shape index (κ1) is 23.1. The van der Waals surface area contributed by atoms with E-state index >= 15 is 0 Å². The van der Waals surface area contributed by atoms with Gasteiger partial charge in [0.2, 0.25) is 12.7 Å². The normalized spacial score (nSPS) is 16.4. The molecule has 0 bridgehead atoms. The zero-order chi connectivity index (χ0) is 21.3. The van der Waals surface area contributed by atoms with Gasteiger partial charge in [-0.3, -0.25) is 14.5 Å². The van der Waals surface area contributed by atoms with E-state index in [-0.39, 0.29) is 31.6 Å². The number of hydrogen-bond acceptors (Lipinski definition) is 7. The summed E-state index contributed by atoms with van der Waals surface area (Å²) < 4.78 is 27.6. The van der Waals surface area contributed by atoms with E-state index in [2.05, 4.69) is 6.58 Å². The van der Waals surface area contributed by atoms with Crippen molar-refractivity contribution in [3.63, 3.8) is 0 Å². The van der Waals surface area contributed by atoms with Crippen molar-refractivity contribution in [2.75, 3.05) is 19.9 Å². The van der Waals surface area contributed by atoms with E-state index in [4.69, 9.17) is 14.2 Å². The Labute approximate surface area is 162 Å². The predicted octanol–water partition coefficient (Wildman–Crippen LogP) is 2.87. The molecular formula is C18H25FN2O7. The van der Waals surface area contributed by atoms with Crippen molar-refractivity contribution in [1.82, 2.24) is 9.80 Å². The zero-order valence-corrected chi connectivity index (χ0v) is 16.2. The van der Waals surface area contributed by atoms with Crippen LogP contribution in [0.25, 0.3) is 0 Å². The molecule has 1 unspecified atom stereocenters. The second-order valence-corrected chi connectivity index (χ2v) is 5.99.